The molecule has 1 aromatic carbocycles. The maximum Gasteiger partial charge on any atom is 0.196 e. The standard InChI is InChI=1S/C17H22ClN3OS/c1-13-4-3-5-15(18)16(13)21-8-6-20(7-9-21)10-11-22-17-14(2)19-12-23-17/h3-5,12H,6-11H2,1-2H3. The molecule has 1 aliphatic rings. The molecular formula is C17H22ClN3OS. The van der Waals surface area contributed by atoms with E-state index >= 15 is 0 Å². The highest BCUT2D eigenvalue weighted by Gasteiger charge is 2.20. The minimum Gasteiger partial charge on any atom is -0.481 e. The average molecular weight is 352 g/mol. The lowest BCUT2D eigenvalue weighted by Gasteiger charge is -2.37. The van der Waals surface area contributed by atoms with E-state index in [0.717, 1.165) is 48.5 Å². The Morgan fingerprint density at radius 3 is 2.65 bits per heavy atom. The number of aryl methyl sites for hydroxylation is 2. The summed E-state index contributed by atoms with van der Waals surface area (Å²) in [6.07, 6.45) is 0. The van der Waals surface area contributed by atoms with Crippen LogP contribution < -0.4 is 9.64 Å². The number of nitrogens with zero attached hydrogens (tertiary/aromatic N) is 3. The molecule has 124 valence electrons. The van der Waals surface area contributed by atoms with Gasteiger partial charge in [-0.3, -0.25) is 4.90 Å². The van der Waals surface area contributed by atoms with Crippen LogP contribution in [0.2, 0.25) is 5.02 Å². The fraction of sp³-hybridized carbons (Fsp3) is 0.471. The first-order valence-electron chi connectivity index (χ1n) is 7.90. The van der Waals surface area contributed by atoms with Crippen molar-refractivity contribution in [2.24, 2.45) is 0 Å². The molecule has 1 fully saturated rings. The minimum absolute atomic E-state index is 0.716. The monoisotopic (exact) mass is 351 g/mol. The molecule has 0 bridgehead atoms. The third-order valence-electron chi connectivity index (χ3n) is 4.22. The van der Waals surface area contributed by atoms with Crippen molar-refractivity contribution in [3.8, 4) is 5.06 Å². The molecule has 1 saturated heterocycles. The Labute approximate surface area is 146 Å². The van der Waals surface area contributed by atoms with Gasteiger partial charge in [0, 0.05) is 32.7 Å². The highest BCUT2D eigenvalue weighted by Crippen LogP contribution is 2.30. The molecule has 0 aliphatic carbocycles. The molecule has 0 saturated carbocycles. The second kappa shape index (κ2) is 7.51. The molecule has 0 amide bonds. The first-order valence-corrected chi connectivity index (χ1v) is 9.16. The summed E-state index contributed by atoms with van der Waals surface area (Å²) in [4.78, 5) is 9.04. The summed E-state index contributed by atoms with van der Waals surface area (Å²) in [5, 5.41) is 1.79. The first kappa shape index (κ1) is 16.6. The van der Waals surface area contributed by atoms with E-state index in [2.05, 4.69) is 27.8 Å². The molecule has 0 N–H and O–H groups in total. The summed E-state index contributed by atoms with van der Waals surface area (Å²) in [6, 6.07) is 6.11. The zero-order valence-corrected chi connectivity index (χ0v) is 15.2. The SMILES string of the molecule is Cc1cccc(Cl)c1N1CCN(CCOc2scnc2C)CC1. The van der Waals surface area contributed by atoms with E-state index in [4.69, 9.17) is 16.3 Å². The molecule has 23 heavy (non-hydrogen) atoms. The van der Waals surface area contributed by atoms with Crippen molar-refractivity contribution >= 4 is 28.6 Å². The van der Waals surface area contributed by atoms with E-state index in [9.17, 15) is 0 Å². The average Bonchev–Trinajstić information content (AvgIpc) is 2.94. The normalized spacial score (nSPS) is 15.9. The Bertz CT molecular complexity index is 633. The summed E-state index contributed by atoms with van der Waals surface area (Å²) in [7, 11) is 0. The van der Waals surface area contributed by atoms with Crippen LogP contribution in [0.5, 0.6) is 5.06 Å². The maximum absolute atomic E-state index is 6.37. The van der Waals surface area contributed by atoms with Gasteiger partial charge >= 0.3 is 0 Å². The number of piperazine rings is 1. The van der Waals surface area contributed by atoms with Crippen molar-refractivity contribution < 1.29 is 4.74 Å². The molecule has 3 rings (SSSR count). The van der Waals surface area contributed by atoms with E-state index in [0.29, 0.717) is 6.61 Å². The van der Waals surface area contributed by atoms with E-state index in [1.165, 1.54) is 11.3 Å². The zero-order valence-electron chi connectivity index (χ0n) is 13.6. The third kappa shape index (κ3) is 3.97. The zero-order chi connectivity index (χ0) is 16.2. The molecule has 1 aliphatic heterocycles. The number of rotatable bonds is 5. The van der Waals surface area contributed by atoms with Crippen LogP contribution >= 0.6 is 22.9 Å². The second-order valence-corrected chi connectivity index (χ2v) is 7.03. The highest BCUT2D eigenvalue weighted by molar-refractivity contribution is 7.11. The number of anilines is 1. The number of halogens is 1. The van der Waals surface area contributed by atoms with E-state index in [-0.39, 0.29) is 0 Å². The van der Waals surface area contributed by atoms with Crippen LogP contribution in [0.1, 0.15) is 11.3 Å². The lowest BCUT2D eigenvalue weighted by molar-refractivity contribution is 0.202. The Balaban J connectivity index is 1.48. The Morgan fingerprint density at radius 1 is 1.22 bits per heavy atom. The summed E-state index contributed by atoms with van der Waals surface area (Å²) in [6.45, 7) is 9.86. The van der Waals surface area contributed by atoms with E-state index in [1.54, 1.807) is 11.3 Å². The molecule has 1 aromatic heterocycles. The summed E-state index contributed by atoms with van der Waals surface area (Å²) >= 11 is 7.94. The Morgan fingerprint density at radius 2 is 2.00 bits per heavy atom. The molecule has 0 unspecified atom stereocenters. The molecule has 2 aromatic rings. The Hall–Kier alpha value is -1.30. The summed E-state index contributed by atoms with van der Waals surface area (Å²) < 4.78 is 5.81. The number of thiazole rings is 1. The number of para-hydroxylation sites is 1. The van der Waals surface area contributed by atoms with Crippen molar-refractivity contribution in [3.63, 3.8) is 0 Å². The van der Waals surface area contributed by atoms with E-state index in [1.807, 2.05) is 24.6 Å². The molecule has 0 atom stereocenters. The largest absolute Gasteiger partial charge is 0.481 e. The van der Waals surface area contributed by atoms with Crippen molar-refractivity contribution in [3.05, 3.63) is 40.0 Å². The Kier molecular flexibility index (Phi) is 5.41. The van der Waals surface area contributed by atoms with Crippen molar-refractivity contribution in [1.29, 1.82) is 0 Å². The van der Waals surface area contributed by atoms with Gasteiger partial charge < -0.3 is 9.64 Å². The minimum atomic E-state index is 0.716. The maximum atomic E-state index is 6.37. The van der Waals surface area contributed by atoms with Crippen molar-refractivity contribution in [2.75, 3.05) is 44.2 Å². The number of benzene rings is 1. The molecule has 2 heterocycles. The fourth-order valence-corrected chi connectivity index (χ4v) is 3.94. The molecule has 6 heteroatoms. The van der Waals surface area contributed by atoms with Crippen molar-refractivity contribution in [1.82, 2.24) is 9.88 Å². The van der Waals surface area contributed by atoms with E-state index < -0.39 is 0 Å². The van der Waals surface area contributed by atoms with Crippen LogP contribution in [0, 0.1) is 13.8 Å². The van der Waals surface area contributed by atoms with Crippen molar-refractivity contribution in [2.45, 2.75) is 13.8 Å². The van der Waals surface area contributed by atoms with Crippen LogP contribution in [0.15, 0.2) is 23.7 Å². The quantitative estimate of drug-likeness (QED) is 0.822. The predicted molar refractivity (Wildman–Crippen MR) is 97.2 cm³/mol. The topological polar surface area (TPSA) is 28.6 Å². The van der Waals surface area contributed by atoms with Gasteiger partial charge in [-0.1, -0.05) is 35.1 Å². The van der Waals surface area contributed by atoms with Gasteiger partial charge in [0.1, 0.15) is 6.61 Å². The lowest BCUT2D eigenvalue weighted by Crippen LogP contribution is -2.47. The predicted octanol–water partition coefficient (Wildman–Crippen LogP) is 3.61. The van der Waals surface area contributed by atoms with Gasteiger partial charge in [0.05, 0.1) is 21.9 Å². The van der Waals surface area contributed by atoms with Crippen LogP contribution in [0.4, 0.5) is 5.69 Å². The number of ether oxygens (including phenoxy) is 1. The number of aromatic nitrogens is 1. The summed E-state index contributed by atoms with van der Waals surface area (Å²) in [5.41, 5.74) is 5.24. The molecule has 0 spiro atoms. The first-order chi connectivity index (χ1) is 11.1. The van der Waals surface area contributed by atoms with Gasteiger partial charge in [-0.15, -0.1) is 0 Å². The van der Waals surface area contributed by atoms with Crippen LogP contribution in [-0.4, -0.2) is 49.2 Å². The smallest absolute Gasteiger partial charge is 0.196 e. The van der Waals surface area contributed by atoms with Gasteiger partial charge in [0.15, 0.2) is 5.06 Å². The van der Waals surface area contributed by atoms with Gasteiger partial charge in [-0.2, -0.15) is 0 Å². The second-order valence-electron chi connectivity index (χ2n) is 5.81. The highest BCUT2D eigenvalue weighted by atomic mass is 35.5. The summed E-state index contributed by atoms with van der Waals surface area (Å²) in [5.74, 6) is 0. The van der Waals surface area contributed by atoms with Gasteiger partial charge in [0.2, 0.25) is 0 Å². The van der Waals surface area contributed by atoms with Crippen LogP contribution in [0.25, 0.3) is 0 Å². The van der Waals surface area contributed by atoms with Gasteiger partial charge in [-0.05, 0) is 25.5 Å². The van der Waals surface area contributed by atoms with Crippen LogP contribution in [0.3, 0.4) is 0 Å². The molecular weight excluding hydrogens is 330 g/mol. The van der Waals surface area contributed by atoms with Crippen LogP contribution in [-0.2, 0) is 0 Å². The third-order valence-corrected chi connectivity index (χ3v) is 5.36. The lowest BCUT2D eigenvalue weighted by atomic mass is 10.1. The van der Waals surface area contributed by atoms with Gasteiger partial charge in [0.25, 0.3) is 0 Å². The molecule has 4 nitrogen and oxygen atoms in total. The number of hydrogen-bond donors (Lipinski definition) is 0. The number of hydrogen-bond acceptors (Lipinski definition) is 5. The molecule has 0 radical (unpaired) electrons. The fourth-order valence-electron chi connectivity index (χ4n) is 2.92. The van der Waals surface area contributed by atoms with Gasteiger partial charge in [-0.25, -0.2) is 4.98 Å².